The number of hydrogen-bond acceptors (Lipinski definition) is 5. The maximum absolute atomic E-state index is 13.1. The molecule has 2 heterocycles. The molecule has 1 N–H and O–H groups in total. The second-order valence-electron chi connectivity index (χ2n) is 5.44. The lowest BCUT2D eigenvalue weighted by atomic mass is 10.2. The zero-order valence-electron chi connectivity index (χ0n) is 13.6. The number of thiazole rings is 1. The Hall–Kier alpha value is -3.26. The molecule has 8 heteroatoms. The molecule has 0 aliphatic rings. The Labute approximate surface area is 151 Å². The van der Waals surface area contributed by atoms with Crippen molar-refractivity contribution in [3.8, 4) is 17.0 Å². The number of carbonyl (C=O) groups excluding carboxylic acids is 1. The predicted octanol–water partition coefficient (Wildman–Crippen LogP) is 3.86. The van der Waals surface area contributed by atoms with Gasteiger partial charge in [0.15, 0.2) is 0 Å². The van der Waals surface area contributed by atoms with Crippen LogP contribution < -0.4 is 10.1 Å². The van der Waals surface area contributed by atoms with Gasteiger partial charge in [0.2, 0.25) is 4.96 Å². The number of methoxy groups -OCH3 is 1. The van der Waals surface area contributed by atoms with Crippen LogP contribution in [0.3, 0.4) is 0 Å². The van der Waals surface area contributed by atoms with Gasteiger partial charge in [-0.25, -0.2) is 8.91 Å². The molecule has 0 spiro atoms. The number of halogens is 1. The summed E-state index contributed by atoms with van der Waals surface area (Å²) in [5.74, 6) is 0.165. The molecule has 0 bridgehead atoms. The van der Waals surface area contributed by atoms with E-state index in [1.165, 1.54) is 23.5 Å². The summed E-state index contributed by atoms with van der Waals surface area (Å²) < 4.78 is 19.9. The topological polar surface area (TPSA) is 68.5 Å². The van der Waals surface area contributed by atoms with Crippen molar-refractivity contribution in [3.63, 3.8) is 0 Å². The number of nitrogens with zero attached hydrogens (tertiary/aromatic N) is 3. The molecular weight excluding hydrogens is 355 g/mol. The highest BCUT2D eigenvalue weighted by molar-refractivity contribution is 7.15. The summed E-state index contributed by atoms with van der Waals surface area (Å²) in [6, 6.07) is 12.9. The fourth-order valence-electron chi connectivity index (χ4n) is 2.49. The second kappa shape index (κ2) is 6.57. The van der Waals surface area contributed by atoms with E-state index in [-0.39, 0.29) is 17.7 Å². The number of benzene rings is 2. The Bertz CT molecular complexity index is 1090. The van der Waals surface area contributed by atoms with Crippen LogP contribution in [-0.4, -0.2) is 27.6 Å². The van der Waals surface area contributed by atoms with E-state index in [1.807, 2.05) is 5.38 Å². The molecule has 2 aromatic heterocycles. The number of amides is 1. The minimum absolute atomic E-state index is 0.202. The van der Waals surface area contributed by atoms with Gasteiger partial charge in [-0.2, -0.15) is 4.98 Å². The summed E-state index contributed by atoms with van der Waals surface area (Å²) in [5, 5.41) is 8.91. The summed E-state index contributed by atoms with van der Waals surface area (Å²) in [7, 11) is 1.54. The molecule has 0 aliphatic heterocycles. The maximum atomic E-state index is 13.1. The zero-order chi connectivity index (χ0) is 18.1. The molecular formula is C18H13FN4O2S. The normalized spacial score (nSPS) is 10.8. The first kappa shape index (κ1) is 16.2. The Morgan fingerprint density at radius 1 is 1.23 bits per heavy atom. The lowest BCUT2D eigenvalue weighted by Gasteiger charge is -2.03. The van der Waals surface area contributed by atoms with Crippen LogP contribution in [0.1, 0.15) is 10.4 Å². The summed E-state index contributed by atoms with van der Waals surface area (Å²) >= 11 is 1.39. The molecule has 130 valence electrons. The molecule has 0 fully saturated rings. The van der Waals surface area contributed by atoms with Crippen LogP contribution in [0.4, 0.5) is 10.3 Å². The highest BCUT2D eigenvalue weighted by Crippen LogP contribution is 2.26. The molecule has 0 saturated carbocycles. The SMILES string of the molecule is COc1cccc(C(=O)Nc2nc3scc(-c4ccc(F)cc4)n3n2)c1. The summed E-state index contributed by atoms with van der Waals surface area (Å²) in [6.07, 6.45) is 0. The van der Waals surface area contributed by atoms with E-state index < -0.39 is 0 Å². The molecule has 26 heavy (non-hydrogen) atoms. The van der Waals surface area contributed by atoms with E-state index in [0.29, 0.717) is 16.3 Å². The van der Waals surface area contributed by atoms with E-state index in [0.717, 1.165) is 11.3 Å². The Morgan fingerprint density at radius 2 is 2.04 bits per heavy atom. The minimum atomic E-state index is -0.328. The molecule has 1 amide bonds. The van der Waals surface area contributed by atoms with E-state index in [2.05, 4.69) is 15.4 Å². The molecule has 0 radical (unpaired) electrons. The number of carbonyl (C=O) groups is 1. The third-order valence-electron chi connectivity index (χ3n) is 3.78. The van der Waals surface area contributed by atoms with Gasteiger partial charge in [-0.3, -0.25) is 10.1 Å². The fourth-order valence-corrected chi connectivity index (χ4v) is 3.32. The summed E-state index contributed by atoms with van der Waals surface area (Å²) in [6.45, 7) is 0. The van der Waals surface area contributed by atoms with Gasteiger partial charge in [0.05, 0.1) is 12.8 Å². The molecule has 4 rings (SSSR count). The minimum Gasteiger partial charge on any atom is -0.497 e. The lowest BCUT2D eigenvalue weighted by Crippen LogP contribution is -2.13. The van der Waals surface area contributed by atoms with E-state index in [9.17, 15) is 9.18 Å². The number of hydrogen-bond donors (Lipinski definition) is 1. The highest BCUT2D eigenvalue weighted by Gasteiger charge is 2.14. The average molecular weight is 368 g/mol. The fraction of sp³-hybridized carbons (Fsp3) is 0.0556. The van der Waals surface area contributed by atoms with Gasteiger partial charge < -0.3 is 4.74 Å². The van der Waals surface area contributed by atoms with Gasteiger partial charge in [-0.15, -0.1) is 16.4 Å². The second-order valence-corrected chi connectivity index (χ2v) is 6.28. The Kier molecular flexibility index (Phi) is 4.10. The zero-order valence-corrected chi connectivity index (χ0v) is 14.5. The van der Waals surface area contributed by atoms with Crippen molar-refractivity contribution in [2.24, 2.45) is 0 Å². The van der Waals surface area contributed by atoms with Gasteiger partial charge >= 0.3 is 0 Å². The Balaban J connectivity index is 1.62. The molecule has 2 aromatic carbocycles. The number of anilines is 1. The molecule has 0 saturated heterocycles. The lowest BCUT2D eigenvalue weighted by molar-refractivity contribution is 0.102. The quantitative estimate of drug-likeness (QED) is 0.594. The molecule has 6 nitrogen and oxygen atoms in total. The van der Waals surface area contributed by atoms with Crippen molar-refractivity contribution < 1.29 is 13.9 Å². The average Bonchev–Trinajstić information content (AvgIpc) is 3.22. The number of aromatic nitrogens is 3. The third kappa shape index (κ3) is 3.02. The van der Waals surface area contributed by atoms with Crippen LogP contribution in [0.15, 0.2) is 53.9 Å². The first-order valence-electron chi connectivity index (χ1n) is 7.69. The van der Waals surface area contributed by atoms with Gasteiger partial charge in [0.1, 0.15) is 11.6 Å². The molecule has 4 aromatic rings. The van der Waals surface area contributed by atoms with E-state index in [1.54, 1.807) is 48.0 Å². The first-order valence-corrected chi connectivity index (χ1v) is 8.57. The van der Waals surface area contributed by atoms with Crippen LogP contribution >= 0.6 is 11.3 Å². The van der Waals surface area contributed by atoms with Crippen molar-refractivity contribution in [2.75, 3.05) is 12.4 Å². The largest absolute Gasteiger partial charge is 0.497 e. The number of fused-ring (bicyclic) bond motifs is 1. The third-order valence-corrected chi connectivity index (χ3v) is 4.60. The van der Waals surface area contributed by atoms with Crippen molar-refractivity contribution in [3.05, 3.63) is 65.3 Å². The van der Waals surface area contributed by atoms with Crippen molar-refractivity contribution in [1.29, 1.82) is 0 Å². The van der Waals surface area contributed by atoms with Gasteiger partial charge in [0.25, 0.3) is 11.9 Å². The number of rotatable bonds is 4. The van der Waals surface area contributed by atoms with Crippen molar-refractivity contribution in [1.82, 2.24) is 14.6 Å². The maximum Gasteiger partial charge on any atom is 0.258 e. The summed E-state index contributed by atoms with van der Waals surface area (Å²) in [4.78, 5) is 17.3. The molecule has 0 unspecified atom stereocenters. The van der Waals surface area contributed by atoms with Crippen LogP contribution in [0.25, 0.3) is 16.2 Å². The van der Waals surface area contributed by atoms with Crippen molar-refractivity contribution in [2.45, 2.75) is 0 Å². The molecule has 0 aliphatic carbocycles. The van der Waals surface area contributed by atoms with Crippen molar-refractivity contribution >= 4 is 28.2 Å². The Morgan fingerprint density at radius 3 is 2.81 bits per heavy atom. The summed E-state index contributed by atoms with van der Waals surface area (Å²) in [5.41, 5.74) is 2.04. The predicted molar refractivity (Wildman–Crippen MR) is 97.2 cm³/mol. The van der Waals surface area contributed by atoms with E-state index in [4.69, 9.17) is 4.74 Å². The molecule has 0 atom stereocenters. The highest BCUT2D eigenvalue weighted by atomic mass is 32.1. The van der Waals surface area contributed by atoms with E-state index >= 15 is 0 Å². The first-order chi connectivity index (χ1) is 12.6. The van der Waals surface area contributed by atoms with Gasteiger partial charge in [-0.05, 0) is 42.5 Å². The number of ether oxygens (including phenoxy) is 1. The standard InChI is InChI=1S/C18H13FN4O2S/c1-25-14-4-2-3-12(9-14)16(24)20-17-21-18-23(22-17)15(10-26-18)11-5-7-13(19)8-6-11/h2-10H,1H3,(H,20,22,24). The van der Waals surface area contributed by atoms with Gasteiger partial charge in [0, 0.05) is 16.5 Å². The van der Waals surface area contributed by atoms with Crippen LogP contribution in [-0.2, 0) is 0 Å². The van der Waals surface area contributed by atoms with Crippen LogP contribution in [0.2, 0.25) is 0 Å². The van der Waals surface area contributed by atoms with Crippen LogP contribution in [0.5, 0.6) is 5.75 Å². The number of nitrogens with one attached hydrogen (secondary N) is 1. The van der Waals surface area contributed by atoms with Gasteiger partial charge in [-0.1, -0.05) is 6.07 Å². The monoisotopic (exact) mass is 368 g/mol. The van der Waals surface area contributed by atoms with Crippen LogP contribution in [0, 0.1) is 5.82 Å². The smallest absolute Gasteiger partial charge is 0.258 e.